The molecule has 0 heterocycles. The van der Waals surface area contributed by atoms with Crippen molar-refractivity contribution in [3.8, 4) is 0 Å². The third kappa shape index (κ3) is 4.20. The standard InChI is InChI=1S/C14H27N3O2/c1-9(16-12(19)13(2,3)4)11(18)17-14(5,8-15)10-6-7-10/h9-10H,6-8,15H2,1-5H3,(H,16,19)(H,17,18). The lowest BCUT2D eigenvalue weighted by atomic mass is 9.94. The van der Waals surface area contributed by atoms with E-state index in [-0.39, 0.29) is 17.4 Å². The van der Waals surface area contributed by atoms with Gasteiger partial charge in [0.15, 0.2) is 0 Å². The molecule has 0 aromatic heterocycles. The highest BCUT2D eigenvalue weighted by atomic mass is 16.2. The molecule has 4 N–H and O–H groups in total. The molecule has 19 heavy (non-hydrogen) atoms. The summed E-state index contributed by atoms with van der Waals surface area (Å²) in [5.74, 6) is 0.167. The molecule has 0 spiro atoms. The van der Waals surface area contributed by atoms with Gasteiger partial charge in [-0.05, 0) is 32.6 Å². The molecule has 0 aromatic carbocycles. The minimum atomic E-state index is -0.545. The molecular formula is C14H27N3O2. The van der Waals surface area contributed by atoms with Crippen LogP contribution in [-0.2, 0) is 9.59 Å². The third-order valence-electron chi connectivity index (χ3n) is 3.73. The first-order valence-electron chi connectivity index (χ1n) is 6.93. The van der Waals surface area contributed by atoms with E-state index in [1.165, 1.54) is 0 Å². The van der Waals surface area contributed by atoms with Gasteiger partial charge in [0.2, 0.25) is 11.8 Å². The lowest BCUT2D eigenvalue weighted by Gasteiger charge is -2.31. The molecule has 1 fully saturated rings. The van der Waals surface area contributed by atoms with Gasteiger partial charge in [-0.15, -0.1) is 0 Å². The van der Waals surface area contributed by atoms with Gasteiger partial charge in [0.25, 0.3) is 0 Å². The smallest absolute Gasteiger partial charge is 0.242 e. The highest BCUT2D eigenvalue weighted by Crippen LogP contribution is 2.38. The predicted octanol–water partition coefficient (Wildman–Crippen LogP) is 0.781. The number of hydrogen-bond acceptors (Lipinski definition) is 3. The van der Waals surface area contributed by atoms with E-state index in [1.807, 2.05) is 27.7 Å². The van der Waals surface area contributed by atoms with Crippen molar-refractivity contribution < 1.29 is 9.59 Å². The van der Waals surface area contributed by atoms with Gasteiger partial charge in [-0.1, -0.05) is 20.8 Å². The number of hydrogen-bond donors (Lipinski definition) is 3. The normalized spacial score (nSPS) is 20.3. The maximum Gasteiger partial charge on any atom is 0.242 e. The number of nitrogens with one attached hydrogen (secondary N) is 2. The Labute approximate surface area is 115 Å². The van der Waals surface area contributed by atoms with Gasteiger partial charge >= 0.3 is 0 Å². The van der Waals surface area contributed by atoms with Crippen molar-refractivity contribution in [1.82, 2.24) is 10.6 Å². The Morgan fingerprint density at radius 1 is 1.26 bits per heavy atom. The van der Waals surface area contributed by atoms with Gasteiger partial charge in [0.1, 0.15) is 6.04 Å². The molecular weight excluding hydrogens is 242 g/mol. The zero-order chi connectivity index (χ0) is 14.8. The summed E-state index contributed by atoms with van der Waals surface area (Å²) in [4.78, 5) is 24.0. The van der Waals surface area contributed by atoms with Gasteiger partial charge in [-0.3, -0.25) is 9.59 Å². The summed E-state index contributed by atoms with van der Waals surface area (Å²) in [7, 11) is 0. The zero-order valence-electron chi connectivity index (χ0n) is 12.7. The molecule has 0 aliphatic heterocycles. The van der Waals surface area contributed by atoms with Crippen molar-refractivity contribution in [1.29, 1.82) is 0 Å². The van der Waals surface area contributed by atoms with E-state index >= 15 is 0 Å². The first-order chi connectivity index (χ1) is 8.60. The Bertz CT molecular complexity index is 358. The van der Waals surface area contributed by atoms with Gasteiger partial charge in [0.05, 0.1) is 5.54 Å². The number of carbonyl (C=O) groups excluding carboxylic acids is 2. The summed E-state index contributed by atoms with van der Waals surface area (Å²) in [6.45, 7) is 9.55. The Kier molecular flexibility index (Phi) is 4.61. The van der Waals surface area contributed by atoms with Crippen LogP contribution in [0.15, 0.2) is 0 Å². The molecule has 0 aromatic rings. The highest BCUT2D eigenvalue weighted by molar-refractivity contribution is 5.89. The minimum absolute atomic E-state index is 0.129. The fourth-order valence-electron chi connectivity index (χ4n) is 1.91. The zero-order valence-corrected chi connectivity index (χ0v) is 12.7. The molecule has 5 heteroatoms. The monoisotopic (exact) mass is 269 g/mol. The molecule has 0 bridgehead atoms. The quantitative estimate of drug-likeness (QED) is 0.689. The Morgan fingerprint density at radius 2 is 1.79 bits per heavy atom. The van der Waals surface area contributed by atoms with E-state index in [1.54, 1.807) is 6.92 Å². The van der Waals surface area contributed by atoms with Crippen molar-refractivity contribution in [3.05, 3.63) is 0 Å². The molecule has 1 saturated carbocycles. The Balaban J connectivity index is 2.55. The van der Waals surface area contributed by atoms with Gasteiger partial charge < -0.3 is 16.4 Å². The second-order valence-corrected chi connectivity index (χ2v) is 6.83. The van der Waals surface area contributed by atoms with Crippen molar-refractivity contribution in [2.24, 2.45) is 17.1 Å². The Hall–Kier alpha value is -1.10. The highest BCUT2D eigenvalue weighted by Gasteiger charge is 2.42. The van der Waals surface area contributed by atoms with Crippen LogP contribution in [-0.4, -0.2) is 29.9 Å². The van der Waals surface area contributed by atoms with E-state index < -0.39 is 11.5 Å². The number of nitrogens with two attached hydrogens (primary N) is 1. The van der Waals surface area contributed by atoms with Crippen molar-refractivity contribution in [3.63, 3.8) is 0 Å². The molecule has 5 nitrogen and oxygen atoms in total. The van der Waals surface area contributed by atoms with Crippen molar-refractivity contribution >= 4 is 11.8 Å². The first-order valence-corrected chi connectivity index (χ1v) is 6.93. The van der Waals surface area contributed by atoms with Crippen LogP contribution in [0, 0.1) is 11.3 Å². The maximum atomic E-state index is 12.1. The van der Waals surface area contributed by atoms with Crippen LogP contribution in [0.4, 0.5) is 0 Å². The molecule has 2 amide bonds. The average Bonchev–Trinajstić information content (AvgIpc) is 3.11. The van der Waals surface area contributed by atoms with Crippen LogP contribution in [0.5, 0.6) is 0 Å². The number of amides is 2. The summed E-state index contributed by atoms with van der Waals surface area (Å²) in [5.41, 5.74) is 4.92. The first kappa shape index (κ1) is 16.0. The summed E-state index contributed by atoms with van der Waals surface area (Å²) < 4.78 is 0. The average molecular weight is 269 g/mol. The van der Waals surface area contributed by atoms with Crippen LogP contribution < -0.4 is 16.4 Å². The Morgan fingerprint density at radius 3 is 2.16 bits per heavy atom. The largest absolute Gasteiger partial charge is 0.348 e. The molecule has 2 unspecified atom stereocenters. The van der Waals surface area contributed by atoms with E-state index in [4.69, 9.17) is 5.73 Å². The van der Waals surface area contributed by atoms with Crippen LogP contribution in [0.3, 0.4) is 0 Å². The van der Waals surface area contributed by atoms with Crippen LogP contribution in [0.25, 0.3) is 0 Å². The summed E-state index contributed by atoms with van der Waals surface area (Å²) in [5, 5.41) is 5.72. The molecule has 0 saturated heterocycles. The summed E-state index contributed by atoms with van der Waals surface area (Å²) in [6, 6.07) is -0.545. The maximum absolute atomic E-state index is 12.1. The van der Waals surface area contributed by atoms with Crippen molar-refractivity contribution in [2.45, 2.75) is 59.0 Å². The SMILES string of the molecule is CC(NC(=O)C(C)(C)C)C(=O)NC(C)(CN)C1CC1. The molecule has 2 atom stereocenters. The van der Waals surface area contributed by atoms with Crippen LogP contribution in [0.1, 0.15) is 47.5 Å². The van der Waals surface area contributed by atoms with Crippen molar-refractivity contribution in [2.75, 3.05) is 6.54 Å². The minimum Gasteiger partial charge on any atom is -0.348 e. The van der Waals surface area contributed by atoms with Gasteiger partial charge in [-0.25, -0.2) is 0 Å². The van der Waals surface area contributed by atoms with E-state index in [0.29, 0.717) is 12.5 Å². The lowest BCUT2D eigenvalue weighted by Crippen LogP contribution is -2.58. The van der Waals surface area contributed by atoms with E-state index in [2.05, 4.69) is 10.6 Å². The topological polar surface area (TPSA) is 84.2 Å². The molecule has 0 radical (unpaired) electrons. The molecule has 1 rings (SSSR count). The second-order valence-electron chi connectivity index (χ2n) is 6.83. The van der Waals surface area contributed by atoms with Crippen LogP contribution >= 0.6 is 0 Å². The number of rotatable bonds is 5. The fraction of sp³-hybridized carbons (Fsp3) is 0.857. The molecule has 1 aliphatic carbocycles. The molecule has 1 aliphatic rings. The lowest BCUT2D eigenvalue weighted by molar-refractivity contribution is -0.133. The van der Waals surface area contributed by atoms with Gasteiger partial charge in [0, 0.05) is 12.0 Å². The predicted molar refractivity (Wildman–Crippen MR) is 75.4 cm³/mol. The summed E-state index contributed by atoms with van der Waals surface area (Å²) in [6.07, 6.45) is 2.22. The number of carbonyl (C=O) groups is 2. The van der Waals surface area contributed by atoms with Crippen LogP contribution in [0.2, 0.25) is 0 Å². The van der Waals surface area contributed by atoms with E-state index in [0.717, 1.165) is 12.8 Å². The summed E-state index contributed by atoms with van der Waals surface area (Å²) >= 11 is 0. The third-order valence-corrected chi connectivity index (χ3v) is 3.73. The fourth-order valence-corrected chi connectivity index (χ4v) is 1.91. The van der Waals surface area contributed by atoms with Gasteiger partial charge in [-0.2, -0.15) is 0 Å². The molecule has 110 valence electrons. The second kappa shape index (κ2) is 5.49. The van der Waals surface area contributed by atoms with E-state index in [9.17, 15) is 9.59 Å².